The van der Waals surface area contributed by atoms with Crippen LogP contribution < -0.4 is 5.32 Å². The van der Waals surface area contributed by atoms with Crippen molar-refractivity contribution in [2.45, 2.75) is 51.6 Å². The maximum absolute atomic E-state index is 3.57. The van der Waals surface area contributed by atoms with Gasteiger partial charge in [0.15, 0.2) is 0 Å². The minimum Gasteiger partial charge on any atom is -0.314 e. The third-order valence-electron chi connectivity index (χ3n) is 3.59. The third-order valence-corrected chi connectivity index (χ3v) is 4.25. The van der Waals surface area contributed by atoms with E-state index in [1.807, 2.05) is 11.8 Å². The Morgan fingerprint density at radius 3 is 2.38 bits per heavy atom. The number of thioether (sulfide) groups is 1. The SMILES string of the molecule is CSCN(C)C1CCC(CNC(C)C)CC1. The first kappa shape index (κ1) is 14.3. The summed E-state index contributed by atoms with van der Waals surface area (Å²) >= 11 is 1.93. The van der Waals surface area contributed by atoms with Crippen LogP contribution in [-0.2, 0) is 0 Å². The van der Waals surface area contributed by atoms with Gasteiger partial charge in [-0.05, 0) is 51.4 Å². The van der Waals surface area contributed by atoms with Crippen molar-refractivity contribution in [3.63, 3.8) is 0 Å². The molecule has 2 nitrogen and oxygen atoms in total. The van der Waals surface area contributed by atoms with E-state index in [-0.39, 0.29) is 0 Å². The minimum atomic E-state index is 0.636. The minimum absolute atomic E-state index is 0.636. The van der Waals surface area contributed by atoms with Crippen molar-refractivity contribution in [2.24, 2.45) is 5.92 Å². The van der Waals surface area contributed by atoms with Gasteiger partial charge in [0.2, 0.25) is 0 Å². The van der Waals surface area contributed by atoms with Gasteiger partial charge >= 0.3 is 0 Å². The van der Waals surface area contributed by atoms with E-state index in [1.54, 1.807) is 0 Å². The highest BCUT2D eigenvalue weighted by Crippen LogP contribution is 2.27. The molecule has 0 heterocycles. The standard InChI is InChI=1S/C13H28N2S/c1-11(2)14-9-12-5-7-13(8-6-12)15(3)10-16-4/h11-14H,5-10H2,1-4H3. The summed E-state index contributed by atoms with van der Waals surface area (Å²) in [5, 5.41) is 3.57. The second-order valence-corrected chi connectivity index (χ2v) is 6.25. The lowest BCUT2D eigenvalue weighted by atomic mass is 9.85. The summed E-state index contributed by atoms with van der Waals surface area (Å²) in [6.07, 6.45) is 7.78. The van der Waals surface area contributed by atoms with Crippen LogP contribution in [0.4, 0.5) is 0 Å². The Labute approximate surface area is 106 Å². The monoisotopic (exact) mass is 244 g/mol. The Bertz CT molecular complexity index is 177. The van der Waals surface area contributed by atoms with Crippen LogP contribution in [0.3, 0.4) is 0 Å². The molecule has 1 fully saturated rings. The van der Waals surface area contributed by atoms with E-state index < -0.39 is 0 Å². The molecule has 1 rings (SSSR count). The molecule has 1 aliphatic carbocycles. The fourth-order valence-corrected chi connectivity index (χ4v) is 3.12. The van der Waals surface area contributed by atoms with Crippen molar-refractivity contribution in [3.05, 3.63) is 0 Å². The maximum Gasteiger partial charge on any atom is 0.0441 e. The van der Waals surface area contributed by atoms with E-state index in [2.05, 4.69) is 37.4 Å². The number of hydrogen-bond acceptors (Lipinski definition) is 3. The lowest BCUT2D eigenvalue weighted by Crippen LogP contribution is -2.37. The molecule has 1 aliphatic rings. The highest BCUT2D eigenvalue weighted by atomic mass is 32.2. The second kappa shape index (κ2) is 7.57. The zero-order valence-corrected chi connectivity index (χ0v) is 12.1. The van der Waals surface area contributed by atoms with Crippen LogP contribution in [0.2, 0.25) is 0 Å². The number of rotatable bonds is 6. The van der Waals surface area contributed by atoms with Gasteiger partial charge in [0.25, 0.3) is 0 Å². The van der Waals surface area contributed by atoms with E-state index in [0.29, 0.717) is 6.04 Å². The summed E-state index contributed by atoms with van der Waals surface area (Å²) in [5.41, 5.74) is 0. The number of hydrogen-bond donors (Lipinski definition) is 1. The van der Waals surface area contributed by atoms with Gasteiger partial charge in [0.1, 0.15) is 0 Å². The molecule has 0 unspecified atom stereocenters. The summed E-state index contributed by atoms with van der Waals surface area (Å²) in [6.45, 7) is 5.69. The molecule has 16 heavy (non-hydrogen) atoms. The molecule has 0 aliphatic heterocycles. The fourth-order valence-electron chi connectivity index (χ4n) is 2.50. The fraction of sp³-hybridized carbons (Fsp3) is 1.00. The van der Waals surface area contributed by atoms with Crippen LogP contribution in [0.1, 0.15) is 39.5 Å². The van der Waals surface area contributed by atoms with Crippen LogP contribution in [0, 0.1) is 5.92 Å². The topological polar surface area (TPSA) is 15.3 Å². The second-order valence-electron chi connectivity index (χ2n) is 5.41. The Morgan fingerprint density at radius 1 is 1.25 bits per heavy atom. The Balaban J connectivity index is 2.18. The quantitative estimate of drug-likeness (QED) is 0.723. The van der Waals surface area contributed by atoms with Gasteiger partial charge in [-0.2, -0.15) is 0 Å². The van der Waals surface area contributed by atoms with Crippen LogP contribution in [-0.4, -0.2) is 42.7 Å². The third kappa shape index (κ3) is 5.07. The number of nitrogens with one attached hydrogen (secondary N) is 1. The number of nitrogens with zero attached hydrogens (tertiary/aromatic N) is 1. The van der Waals surface area contributed by atoms with Crippen molar-refractivity contribution >= 4 is 11.8 Å². The Hall–Kier alpha value is 0.270. The summed E-state index contributed by atoms with van der Waals surface area (Å²) in [6, 6.07) is 1.47. The molecule has 96 valence electrons. The van der Waals surface area contributed by atoms with Gasteiger partial charge in [0, 0.05) is 18.0 Å². The van der Waals surface area contributed by atoms with Crippen molar-refractivity contribution < 1.29 is 0 Å². The molecule has 0 spiro atoms. The van der Waals surface area contributed by atoms with Crippen LogP contribution in [0.15, 0.2) is 0 Å². The Kier molecular flexibility index (Phi) is 6.78. The Morgan fingerprint density at radius 2 is 1.88 bits per heavy atom. The maximum atomic E-state index is 3.57. The molecule has 1 saturated carbocycles. The molecule has 1 N–H and O–H groups in total. The molecule has 0 amide bonds. The first-order chi connectivity index (χ1) is 7.63. The molecule has 0 bridgehead atoms. The predicted octanol–water partition coefficient (Wildman–Crippen LogP) is 2.80. The van der Waals surface area contributed by atoms with Crippen LogP contribution in [0.5, 0.6) is 0 Å². The lowest BCUT2D eigenvalue weighted by Gasteiger charge is -2.34. The van der Waals surface area contributed by atoms with Gasteiger partial charge in [-0.1, -0.05) is 13.8 Å². The molecule has 0 aromatic rings. The van der Waals surface area contributed by atoms with Gasteiger partial charge in [-0.25, -0.2) is 0 Å². The van der Waals surface area contributed by atoms with E-state index >= 15 is 0 Å². The molecular formula is C13H28N2S. The molecule has 0 aromatic heterocycles. The normalized spacial score (nSPS) is 26.6. The van der Waals surface area contributed by atoms with Crippen LogP contribution >= 0.6 is 11.8 Å². The van der Waals surface area contributed by atoms with Gasteiger partial charge in [0.05, 0.1) is 0 Å². The van der Waals surface area contributed by atoms with Gasteiger partial charge < -0.3 is 5.32 Å². The predicted molar refractivity (Wildman–Crippen MR) is 75.0 cm³/mol. The molecular weight excluding hydrogens is 216 g/mol. The highest BCUT2D eigenvalue weighted by molar-refractivity contribution is 7.98. The van der Waals surface area contributed by atoms with E-state index in [0.717, 1.165) is 12.0 Å². The summed E-state index contributed by atoms with van der Waals surface area (Å²) < 4.78 is 0. The van der Waals surface area contributed by atoms with Crippen molar-refractivity contribution in [1.29, 1.82) is 0 Å². The molecule has 0 radical (unpaired) electrons. The van der Waals surface area contributed by atoms with Crippen molar-refractivity contribution in [3.8, 4) is 0 Å². The molecule has 0 atom stereocenters. The molecule has 0 aromatic carbocycles. The van der Waals surface area contributed by atoms with Gasteiger partial charge in [-0.15, -0.1) is 11.8 Å². The average Bonchev–Trinajstić information content (AvgIpc) is 2.27. The summed E-state index contributed by atoms with van der Waals surface area (Å²) in [5.74, 6) is 2.10. The highest BCUT2D eigenvalue weighted by Gasteiger charge is 2.23. The van der Waals surface area contributed by atoms with Crippen molar-refractivity contribution in [2.75, 3.05) is 25.7 Å². The zero-order valence-electron chi connectivity index (χ0n) is 11.3. The average molecular weight is 244 g/mol. The molecule has 0 saturated heterocycles. The van der Waals surface area contributed by atoms with E-state index in [9.17, 15) is 0 Å². The first-order valence-corrected chi connectivity index (χ1v) is 7.95. The zero-order chi connectivity index (χ0) is 12.0. The molecule has 3 heteroatoms. The van der Waals surface area contributed by atoms with Crippen molar-refractivity contribution in [1.82, 2.24) is 10.2 Å². The van der Waals surface area contributed by atoms with E-state index in [4.69, 9.17) is 0 Å². The summed E-state index contributed by atoms with van der Waals surface area (Å²) in [7, 11) is 2.27. The van der Waals surface area contributed by atoms with Crippen LogP contribution in [0.25, 0.3) is 0 Å². The largest absolute Gasteiger partial charge is 0.314 e. The summed E-state index contributed by atoms with van der Waals surface area (Å²) in [4.78, 5) is 2.52. The smallest absolute Gasteiger partial charge is 0.0441 e. The first-order valence-electron chi connectivity index (χ1n) is 6.56. The van der Waals surface area contributed by atoms with E-state index in [1.165, 1.54) is 38.1 Å². The van der Waals surface area contributed by atoms with Gasteiger partial charge in [-0.3, -0.25) is 4.90 Å². The lowest BCUT2D eigenvalue weighted by molar-refractivity contribution is 0.184.